The van der Waals surface area contributed by atoms with E-state index in [4.69, 9.17) is 9.47 Å². The number of allylic oxidation sites excluding steroid dienone is 8. The maximum absolute atomic E-state index is 12.1. The van der Waals surface area contributed by atoms with Gasteiger partial charge in [0.1, 0.15) is 6.10 Å². The van der Waals surface area contributed by atoms with Crippen molar-refractivity contribution < 1.29 is 19.4 Å². The van der Waals surface area contributed by atoms with E-state index in [2.05, 4.69) is 62.5 Å². The van der Waals surface area contributed by atoms with Gasteiger partial charge in [0.05, 0.1) is 13.2 Å². The third kappa shape index (κ3) is 28.9. The van der Waals surface area contributed by atoms with Crippen molar-refractivity contribution in [3.05, 3.63) is 48.6 Å². The molecular weight excluding hydrogens is 472 g/mol. The Balaban J connectivity index is 3.54. The van der Waals surface area contributed by atoms with E-state index in [-0.39, 0.29) is 19.2 Å². The quantitative estimate of drug-likeness (QED) is 0.0619. The zero-order chi connectivity index (χ0) is 27.8. The molecule has 0 saturated carbocycles. The molecule has 0 spiro atoms. The lowest BCUT2D eigenvalue weighted by Crippen LogP contribution is -2.27. The first-order chi connectivity index (χ1) is 18.7. The van der Waals surface area contributed by atoms with Gasteiger partial charge in [-0.3, -0.25) is 4.79 Å². The van der Waals surface area contributed by atoms with Gasteiger partial charge in [-0.15, -0.1) is 0 Å². The number of aliphatic hydroxyl groups excluding tert-OH is 1. The Morgan fingerprint density at radius 2 is 1.18 bits per heavy atom. The molecule has 4 heteroatoms. The van der Waals surface area contributed by atoms with Crippen LogP contribution in [0.3, 0.4) is 0 Å². The topological polar surface area (TPSA) is 55.8 Å². The molecule has 0 aromatic heterocycles. The van der Waals surface area contributed by atoms with Crippen molar-refractivity contribution in [2.75, 3.05) is 19.8 Å². The van der Waals surface area contributed by atoms with E-state index in [9.17, 15) is 9.90 Å². The summed E-state index contributed by atoms with van der Waals surface area (Å²) in [6, 6.07) is 0. The largest absolute Gasteiger partial charge is 0.457 e. The molecule has 0 aromatic rings. The minimum Gasteiger partial charge on any atom is -0.457 e. The van der Waals surface area contributed by atoms with Crippen molar-refractivity contribution in [3.63, 3.8) is 0 Å². The van der Waals surface area contributed by atoms with Crippen LogP contribution in [0.15, 0.2) is 48.6 Å². The average Bonchev–Trinajstić information content (AvgIpc) is 2.92. The maximum Gasteiger partial charge on any atom is 0.306 e. The van der Waals surface area contributed by atoms with Crippen molar-refractivity contribution in [3.8, 4) is 0 Å². The summed E-state index contributed by atoms with van der Waals surface area (Å²) < 4.78 is 11.0. The first kappa shape index (κ1) is 36.4. The molecule has 0 radical (unpaired) electrons. The monoisotopic (exact) mass is 532 g/mol. The van der Waals surface area contributed by atoms with Gasteiger partial charge in [0, 0.05) is 13.0 Å². The Hall–Kier alpha value is -1.65. The van der Waals surface area contributed by atoms with E-state index in [1.54, 1.807) is 0 Å². The van der Waals surface area contributed by atoms with Gasteiger partial charge in [-0.1, -0.05) is 107 Å². The second-order valence-corrected chi connectivity index (χ2v) is 10.1. The maximum atomic E-state index is 12.1. The molecule has 0 fully saturated rings. The average molecular weight is 533 g/mol. The van der Waals surface area contributed by atoms with Crippen molar-refractivity contribution in [1.29, 1.82) is 0 Å². The van der Waals surface area contributed by atoms with Crippen LogP contribution >= 0.6 is 0 Å². The summed E-state index contributed by atoms with van der Waals surface area (Å²) in [6.45, 7) is 5.13. The van der Waals surface area contributed by atoms with Crippen molar-refractivity contribution in [1.82, 2.24) is 0 Å². The summed E-state index contributed by atoms with van der Waals surface area (Å²) in [5.74, 6) is -0.223. The Kier molecular flexibility index (Phi) is 30.2. The van der Waals surface area contributed by atoms with Gasteiger partial charge in [0.2, 0.25) is 0 Å². The highest BCUT2D eigenvalue weighted by molar-refractivity contribution is 5.69. The lowest BCUT2D eigenvalue weighted by Gasteiger charge is -2.15. The van der Waals surface area contributed by atoms with E-state index in [0.29, 0.717) is 13.0 Å². The van der Waals surface area contributed by atoms with Crippen LogP contribution in [0.25, 0.3) is 0 Å². The van der Waals surface area contributed by atoms with Crippen LogP contribution in [-0.4, -0.2) is 37.0 Å². The summed E-state index contributed by atoms with van der Waals surface area (Å²) in [4.78, 5) is 12.1. The van der Waals surface area contributed by atoms with E-state index in [0.717, 1.165) is 57.8 Å². The SMILES string of the molecule is CC/C=C\C/C=C\C/C=C\CCCCCCOCC(CO)OC(=O)CCCCCCC/C=C\CCCCC. The molecular formula is C34H60O4. The number of carbonyl (C=O) groups is 1. The fourth-order valence-electron chi connectivity index (χ4n) is 4.04. The number of carbonyl (C=O) groups excluding carboxylic acids is 1. The highest BCUT2D eigenvalue weighted by Gasteiger charge is 2.13. The smallest absolute Gasteiger partial charge is 0.306 e. The number of hydrogen-bond donors (Lipinski definition) is 1. The van der Waals surface area contributed by atoms with Crippen LogP contribution in [0.5, 0.6) is 0 Å². The molecule has 0 saturated heterocycles. The summed E-state index contributed by atoms with van der Waals surface area (Å²) >= 11 is 0. The van der Waals surface area contributed by atoms with E-state index < -0.39 is 6.10 Å². The number of rotatable bonds is 28. The molecule has 220 valence electrons. The Morgan fingerprint density at radius 1 is 0.658 bits per heavy atom. The predicted octanol–water partition coefficient (Wildman–Crippen LogP) is 9.58. The summed E-state index contributed by atoms with van der Waals surface area (Å²) in [5, 5.41) is 9.50. The molecule has 0 aromatic carbocycles. The second-order valence-electron chi connectivity index (χ2n) is 10.1. The highest BCUT2D eigenvalue weighted by Crippen LogP contribution is 2.10. The summed E-state index contributed by atoms with van der Waals surface area (Å²) in [5.41, 5.74) is 0. The van der Waals surface area contributed by atoms with E-state index >= 15 is 0 Å². The molecule has 0 aliphatic heterocycles. The molecule has 0 heterocycles. The molecule has 0 aliphatic carbocycles. The van der Waals surface area contributed by atoms with Crippen molar-refractivity contribution >= 4 is 5.97 Å². The van der Waals surface area contributed by atoms with Crippen LogP contribution in [-0.2, 0) is 14.3 Å². The number of hydrogen-bond acceptors (Lipinski definition) is 4. The molecule has 38 heavy (non-hydrogen) atoms. The third-order valence-electron chi connectivity index (χ3n) is 6.39. The third-order valence-corrected chi connectivity index (χ3v) is 6.39. The predicted molar refractivity (Wildman–Crippen MR) is 163 cm³/mol. The van der Waals surface area contributed by atoms with Crippen molar-refractivity contribution in [2.45, 2.75) is 142 Å². The lowest BCUT2D eigenvalue weighted by atomic mass is 10.1. The Labute approximate surface area is 235 Å². The second kappa shape index (κ2) is 31.6. The molecule has 1 atom stereocenters. The number of ether oxygens (including phenoxy) is 2. The van der Waals surface area contributed by atoms with Crippen LogP contribution in [0.1, 0.15) is 136 Å². The van der Waals surface area contributed by atoms with Gasteiger partial charge in [0.25, 0.3) is 0 Å². The van der Waals surface area contributed by atoms with Crippen LogP contribution in [0.2, 0.25) is 0 Å². The number of unbranched alkanes of at least 4 members (excludes halogenated alkanes) is 12. The highest BCUT2D eigenvalue weighted by atomic mass is 16.6. The molecule has 1 unspecified atom stereocenters. The van der Waals surface area contributed by atoms with Gasteiger partial charge in [-0.25, -0.2) is 0 Å². The number of aliphatic hydroxyl groups is 1. The van der Waals surface area contributed by atoms with Crippen molar-refractivity contribution in [2.24, 2.45) is 0 Å². The van der Waals surface area contributed by atoms with Crippen LogP contribution < -0.4 is 0 Å². The zero-order valence-electron chi connectivity index (χ0n) is 24.9. The first-order valence-corrected chi connectivity index (χ1v) is 15.7. The Bertz CT molecular complexity index is 606. The van der Waals surface area contributed by atoms with E-state index in [1.807, 2.05) is 0 Å². The fourth-order valence-corrected chi connectivity index (χ4v) is 4.04. The van der Waals surface area contributed by atoms with Crippen LogP contribution in [0.4, 0.5) is 0 Å². The Morgan fingerprint density at radius 3 is 1.82 bits per heavy atom. The first-order valence-electron chi connectivity index (χ1n) is 15.7. The number of esters is 1. The lowest BCUT2D eigenvalue weighted by molar-refractivity contribution is -0.154. The van der Waals surface area contributed by atoms with Gasteiger partial charge in [-0.05, 0) is 70.6 Å². The van der Waals surface area contributed by atoms with Gasteiger partial charge < -0.3 is 14.6 Å². The molecule has 4 nitrogen and oxygen atoms in total. The molecule has 0 rings (SSSR count). The van der Waals surface area contributed by atoms with Gasteiger partial charge in [-0.2, -0.15) is 0 Å². The van der Waals surface area contributed by atoms with Gasteiger partial charge in [0.15, 0.2) is 0 Å². The minimum absolute atomic E-state index is 0.186. The zero-order valence-corrected chi connectivity index (χ0v) is 24.9. The molecule has 0 amide bonds. The van der Waals surface area contributed by atoms with Gasteiger partial charge >= 0.3 is 5.97 Å². The fraction of sp³-hybridized carbons (Fsp3) is 0.735. The minimum atomic E-state index is -0.548. The normalized spacial score (nSPS) is 13.0. The molecule has 0 aliphatic rings. The summed E-state index contributed by atoms with van der Waals surface area (Å²) in [6.07, 6.45) is 38.5. The van der Waals surface area contributed by atoms with E-state index in [1.165, 1.54) is 57.8 Å². The molecule has 1 N–H and O–H groups in total. The standard InChI is InChI=1S/C34H60O4/c1-3-5-7-9-11-13-15-17-18-20-22-24-26-28-30-37-32-33(31-35)38-34(36)29-27-25-23-21-19-16-14-12-10-8-6-4-2/h5,7,11-14,17-18,33,35H,3-4,6,8-10,15-16,19-32H2,1-2H3/b7-5-,13-11-,14-12-,18-17-. The molecule has 0 bridgehead atoms. The van der Waals surface area contributed by atoms with Crippen LogP contribution in [0, 0.1) is 0 Å². The summed E-state index contributed by atoms with van der Waals surface area (Å²) in [7, 11) is 0.